The molecule has 0 aromatic heterocycles. The first-order valence-electron chi connectivity index (χ1n) is 9.06. The van der Waals surface area contributed by atoms with Gasteiger partial charge in [0.2, 0.25) is 0 Å². The Labute approximate surface area is 147 Å². The highest BCUT2D eigenvalue weighted by atomic mass is 19.2. The number of amides is 1. The minimum absolute atomic E-state index is 0.0668. The number of carbonyl (C=O) groups is 1. The van der Waals surface area contributed by atoms with Crippen LogP contribution in [-0.4, -0.2) is 60.1 Å². The number of rotatable bonds is 4. The summed E-state index contributed by atoms with van der Waals surface area (Å²) in [4.78, 5) is 16.2. The van der Waals surface area contributed by atoms with Crippen LogP contribution in [0.2, 0.25) is 0 Å². The molecule has 4 nitrogen and oxygen atoms in total. The van der Waals surface area contributed by atoms with Crippen LogP contribution in [-0.2, 0) is 16.0 Å². The molecule has 1 atom stereocenters. The topological polar surface area (TPSA) is 32.8 Å². The lowest BCUT2D eigenvalue weighted by Gasteiger charge is -2.49. The van der Waals surface area contributed by atoms with Crippen molar-refractivity contribution < 1.29 is 18.3 Å². The SMILES string of the molecule is CCN1CC2(CCN(CCc3cccc(F)c3F)CC2)O[C@H](C)C1=O. The predicted molar refractivity (Wildman–Crippen MR) is 91.3 cm³/mol. The summed E-state index contributed by atoms with van der Waals surface area (Å²) in [5, 5.41) is 0. The van der Waals surface area contributed by atoms with Gasteiger partial charge in [0.15, 0.2) is 11.6 Å². The van der Waals surface area contributed by atoms with Crippen molar-refractivity contribution in [3.05, 3.63) is 35.4 Å². The van der Waals surface area contributed by atoms with E-state index >= 15 is 0 Å². The second kappa shape index (κ2) is 7.38. The zero-order valence-corrected chi connectivity index (χ0v) is 14.9. The van der Waals surface area contributed by atoms with Gasteiger partial charge in [-0.05, 0) is 44.7 Å². The number of likely N-dealkylation sites (N-methyl/N-ethyl adjacent to an activating group) is 1. The molecule has 2 aliphatic heterocycles. The molecule has 2 heterocycles. The lowest BCUT2D eigenvalue weighted by molar-refractivity contribution is -0.189. The highest BCUT2D eigenvalue weighted by Crippen LogP contribution is 2.32. The van der Waals surface area contributed by atoms with Gasteiger partial charge in [0.05, 0.1) is 5.60 Å². The third kappa shape index (κ3) is 3.85. The summed E-state index contributed by atoms with van der Waals surface area (Å²) in [6.45, 7) is 7.56. The zero-order chi connectivity index (χ0) is 18.0. The van der Waals surface area contributed by atoms with E-state index in [0.717, 1.165) is 32.0 Å². The van der Waals surface area contributed by atoms with E-state index in [9.17, 15) is 13.6 Å². The van der Waals surface area contributed by atoms with Crippen LogP contribution in [0.5, 0.6) is 0 Å². The molecule has 1 aromatic carbocycles. The molecule has 2 saturated heterocycles. The van der Waals surface area contributed by atoms with Gasteiger partial charge in [-0.2, -0.15) is 0 Å². The summed E-state index contributed by atoms with van der Waals surface area (Å²) in [5.41, 5.74) is 0.162. The van der Waals surface area contributed by atoms with Crippen molar-refractivity contribution in [1.82, 2.24) is 9.80 Å². The van der Waals surface area contributed by atoms with Crippen molar-refractivity contribution in [3.63, 3.8) is 0 Å². The maximum absolute atomic E-state index is 13.8. The van der Waals surface area contributed by atoms with Gasteiger partial charge in [0.25, 0.3) is 5.91 Å². The van der Waals surface area contributed by atoms with Gasteiger partial charge in [-0.3, -0.25) is 4.79 Å². The normalized spacial score (nSPS) is 24.1. The molecule has 0 saturated carbocycles. The van der Waals surface area contributed by atoms with Crippen LogP contribution < -0.4 is 0 Å². The van der Waals surface area contributed by atoms with Gasteiger partial charge >= 0.3 is 0 Å². The number of benzene rings is 1. The number of hydrogen-bond acceptors (Lipinski definition) is 3. The van der Waals surface area contributed by atoms with Gasteiger partial charge in [0.1, 0.15) is 6.10 Å². The summed E-state index contributed by atoms with van der Waals surface area (Å²) in [6.07, 6.45) is 1.81. The Morgan fingerprint density at radius 1 is 1.28 bits per heavy atom. The fourth-order valence-corrected chi connectivity index (χ4v) is 3.89. The molecular weight excluding hydrogens is 326 g/mol. The fraction of sp³-hybridized carbons (Fsp3) is 0.632. The van der Waals surface area contributed by atoms with Gasteiger partial charge in [-0.1, -0.05) is 12.1 Å². The van der Waals surface area contributed by atoms with E-state index in [0.29, 0.717) is 31.6 Å². The highest BCUT2D eigenvalue weighted by molar-refractivity contribution is 5.81. The van der Waals surface area contributed by atoms with Crippen LogP contribution in [0.3, 0.4) is 0 Å². The van der Waals surface area contributed by atoms with Gasteiger partial charge in [-0.15, -0.1) is 0 Å². The minimum Gasteiger partial charge on any atom is -0.360 e. The molecule has 0 unspecified atom stereocenters. The van der Waals surface area contributed by atoms with E-state index in [1.54, 1.807) is 12.1 Å². The Bertz CT molecular complexity index is 630. The molecule has 0 aliphatic carbocycles. The van der Waals surface area contributed by atoms with E-state index in [2.05, 4.69) is 4.90 Å². The number of carbonyl (C=O) groups excluding carboxylic acids is 1. The predicted octanol–water partition coefficient (Wildman–Crippen LogP) is 2.61. The van der Waals surface area contributed by atoms with Crippen molar-refractivity contribution >= 4 is 5.91 Å². The van der Waals surface area contributed by atoms with E-state index in [-0.39, 0.29) is 17.6 Å². The van der Waals surface area contributed by atoms with Crippen molar-refractivity contribution in [2.24, 2.45) is 0 Å². The molecule has 2 fully saturated rings. The second-order valence-corrected chi connectivity index (χ2v) is 7.10. The standard InChI is InChI=1S/C19H26F2N2O2/c1-3-23-13-19(25-14(2)18(23)24)8-11-22(12-9-19)10-7-15-5-4-6-16(20)17(15)21/h4-6,14H,3,7-13H2,1-2H3/t14-/m1/s1. The summed E-state index contributed by atoms with van der Waals surface area (Å²) in [6, 6.07) is 4.33. The number of halogens is 2. The quantitative estimate of drug-likeness (QED) is 0.835. The molecule has 1 aromatic rings. The number of likely N-dealkylation sites (tertiary alicyclic amines) is 1. The maximum atomic E-state index is 13.8. The molecule has 2 aliphatic rings. The van der Waals surface area contributed by atoms with E-state index in [4.69, 9.17) is 4.74 Å². The molecule has 1 amide bonds. The van der Waals surface area contributed by atoms with Crippen LogP contribution >= 0.6 is 0 Å². The molecule has 6 heteroatoms. The van der Waals surface area contributed by atoms with Crippen LogP contribution in [0.1, 0.15) is 32.3 Å². The van der Waals surface area contributed by atoms with E-state index < -0.39 is 11.6 Å². The average Bonchev–Trinajstić information content (AvgIpc) is 2.61. The molecular formula is C19H26F2N2O2. The summed E-state index contributed by atoms with van der Waals surface area (Å²) in [7, 11) is 0. The Balaban J connectivity index is 1.55. The molecule has 138 valence electrons. The molecule has 0 N–H and O–H groups in total. The van der Waals surface area contributed by atoms with Crippen LogP contribution in [0.15, 0.2) is 18.2 Å². The third-order valence-corrected chi connectivity index (χ3v) is 5.44. The number of ether oxygens (including phenoxy) is 1. The maximum Gasteiger partial charge on any atom is 0.251 e. The number of morpholine rings is 1. The molecule has 25 heavy (non-hydrogen) atoms. The summed E-state index contributed by atoms with van der Waals surface area (Å²) < 4.78 is 33.1. The monoisotopic (exact) mass is 352 g/mol. The largest absolute Gasteiger partial charge is 0.360 e. The molecule has 3 rings (SSSR count). The fourth-order valence-electron chi connectivity index (χ4n) is 3.89. The first kappa shape index (κ1) is 18.3. The zero-order valence-electron chi connectivity index (χ0n) is 14.9. The Kier molecular flexibility index (Phi) is 5.39. The van der Waals surface area contributed by atoms with Crippen molar-refractivity contribution in [2.45, 2.75) is 44.8 Å². The van der Waals surface area contributed by atoms with Crippen molar-refractivity contribution in [2.75, 3.05) is 32.7 Å². The third-order valence-electron chi connectivity index (χ3n) is 5.44. The van der Waals surface area contributed by atoms with Crippen molar-refractivity contribution in [3.8, 4) is 0 Å². The molecule has 0 bridgehead atoms. The average molecular weight is 352 g/mol. The number of piperidine rings is 1. The lowest BCUT2D eigenvalue weighted by Crippen LogP contribution is -2.61. The first-order chi connectivity index (χ1) is 11.9. The molecule has 1 spiro atoms. The van der Waals surface area contributed by atoms with Gasteiger partial charge < -0.3 is 14.5 Å². The van der Waals surface area contributed by atoms with Crippen molar-refractivity contribution in [1.29, 1.82) is 0 Å². The van der Waals surface area contributed by atoms with Crippen LogP contribution in [0, 0.1) is 11.6 Å². The lowest BCUT2D eigenvalue weighted by atomic mass is 9.88. The van der Waals surface area contributed by atoms with E-state index in [1.165, 1.54) is 0 Å². The number of hydrogen-bond donors (Lipinski definition) is 0. The minimum atomic E-state index is -0.788. The van der Waals surface area contributed by atoms with Crippen LogP contribution in [0.25, 0.3) is 0 Å². The molecule has 0 radical (unpaired) electrons. The highest BCUT2D eigenvalue weighted by Gasteiger charge is 2.44. The number of nitrogens with zero attached hydrogens (tertiary/aromatic N) is 2. The Hall–Kier alpha value is -1.53. The Morgan fingerprint density at radius 3 is 2.68 bits per heavy atom. The smallest absolute Gasteiger partial charge is 0.251 e. The Morgan fingerprint density at radius 2 is 2.00 bits per heavy atom. The summed E-state index contributed by atoms with van der Waals surface area (Å²) >= 11 is 0. The van der Waals surface area contributed by atoms with E-state index in [1.807, 2.05) is 18.7 Å². The van der Waals surface area contributed by atoms with Crippen LogP contribution in [0.4, 0.5) is 8.78 Å². The van der Waals surface area contributed by atoms with Gasteiger partial charge in [-0.25, -0.2) is 8.78 Å². The first-order valence-corrected chi connectivity index (χ1v) is 9.06. The summed E-state index contributed by atoms with van der Waals surface area (Å²) in [5.74, 6) is -1.46. The second-order valence-electron chi connectivity index (χ2n) is 7.10. The van der Waals surface area contributed by atoms with Gasteiger partial charge in [0, 0.05) is 32.7 Å².